The maximum Gasteiger partial charge on any atom is 0.226 e. The summed E-state index contributed by atoms with van der Waals surface area (Å²) in [7, 11) is 0. The van der Waals surface area contributed by atoms with Crippen molar-refractivity contribution in [3.8, 4) is 0 Å². The molecule has 1 heterocycles. The van der Waals surface area contributed by atoms with E-state index < -0.39 is 11.6 Å². The topological polar surface area (TPSA) is 58.6 Å². The van der Waals surface area contributed by atoms with Gasteiger partial charge in [0, 0.05) is 6.61 Å². The molecule has 94 valence electrons. The highest BCUT2D eigenvalue weighted by Crippen LogP contribution is 2.24. The Labute approximate surface area is 97.4 Å². The number of amides is 1. The van der Waals surface area contributed by atoms with Crippen molar-refractivity contribution in [1.82, 2.24) is 5.32 Å². The molecule has 2 N–H and O–H groups in total. The summed E-state index contributed by atoms with van der Waals surface area (Å²) in [5, 5.41) is 12.4. The van der Waals surface area contributed by atoms with Crippen molar-refractivity contribution >= 4 is 5.91 Å². The molecule has 1 fully saturated rings. The van der Waals surface area contributed by atoms with Crippen LogP contribution in [0.15, 0.2) is 0 Å². The maximum absolute atomic E-state index is 12.0. The number of carbonyl (C=O) groups is 1. The zero-order chi connectivity index (χ0) is 12.3. The normalized spacial score (nSPS) is 27.8. The molecule has 3 atom stereocenters. The van der Waals surface area contributed by atoms with Crippen LogP contribution in [0.2, 0.25) is 0 Å². The van der Waals surface area contributed by atoms with Gasteiger partial charge in [-0.3, -0.25) is 4.79 Å². The molecule has 1 aliphatic rings. The minimum atomic E-state index is -0.585. The Hall–Kier alpha value is -0.610. The summed E-state index contributed by atoms with van der Waals surface area (Å²) in [4.78, 5) is 12.0. The second-order valence-corrected chi connectivity index (χ2v) is 5.10. The third-order valence-electron chi connectivity index (χ3n) is 3.44. The average Bonchev–Trinajstić information content (AvgIpc) is 2.64. The Kier molecular flexibility index (Phi) is 4.33. The predicted octanol–water partition coefficient (Wildman–Crippen LogP) is 1.08. The summed E-state index contributed by atoms with van der Waals surface area (Å²) < 4.78 is 5.49. The lowest BCUT2D eigenvalue weighted by molar-refractivity contribution is -0.129. The molecule has 0 saturated carbocycles. The Bertz CT molecular complexity index is 251. The van der Waals surface area contributed by atoms with Gasteiger partial charge in [0.15, 0.2) is 0 Å². The van der Waals surface area contributed by atoms with Crippen LogP contribution in [-0.2, 0) is 9.53 Å². The molecule has 0 aromatic rings. The largest absolute Gasteiger partial charge is 0.391 e. The Balaban J connectivity index is 2.58. The van der Waals surface area contributed by atoms with E-state index in [1.165, 1.54) is 0 Å². The van der Waals surface area contributed by atoms with E-state index >= 15 is 0 Å². The lowest BCUT2D eigenvalue weighted by Gasteiger charge is -2.31. The molecule has 4 heteroatoms. The maximum atomic E-state index is 12.0. The number of carbonyl (C=O) groups excluding carboxylic acids is 1. The van der Waals surface area contributed by atoms with Gasteiger partial charge in [-0.2, -0.15) is 0 Å². The lowest BCUT2D eigenvalue weighted by Crippen LogP contribution is -2.53. The minimum absolute atomic E-state index is 0.00440. The van der Waals surface area contributed by atoms with E-state index in [-0.39, 0.29) is 17.9 Å². The summed E-state index contributed by atoms with van der Waals surface area (Å²) in [6.07, 6.45) is 1.09. The second kappa shape index (κ2) is 5.15. The highest BCUT2D eigenvalue weighted by atomic mass is 16.5. The molecule has 1 saturated heterocycles. The SMILES string of the molecule is CCC1OCCC1C(=O)NC(C)(C)C(C)O. The van der Waals surface area contributed by atoms with Crippen molar-refractivity contribution in [3.05, 3.63) is 0 Å². The molecule has 1 amide bonds. The van der Waals surface area contributed by atoms with Gasteiger partial charge in [0.1, 0.15) is 0 Å². The molecule has 1 aliphatic heterocycles. The van der Waals surface area contributed by atoms with Crippen molar-refractivity contribution in [1.29, 1.82) is 0 Å². The highest BCUT2D eigenvalue weighted by Gasteiger charge is 2.36. The third kappa shape index (κ3) is 2.95. The number of rotatable bonds is 4. The Morgan fingerprint density at radius 1 is 1.62 bits per heavy atom. The van der Waals surface area contributed by atoms with Crippen molar-refractivity contribution in [3.63, 3.8) is 0 Å². The minimum Gasteiger partial charge on any atom is -0.391 e. The fourth-order valence-corrected chi connectivity index (χ4v) is 1.87. The van der Waals surface area contributed by atoms with Gasteiger partial charge in [0.2, 0.25) is 5.91 Å². The van der Waals surface area contributed by atoms with Crippen LogP contribution in [0.25, 0.3) is 0 Å². The number of ether oxygens (including phenoxy) is 1. The van der Waals surface area contributed by atoms with Crippen LogP contribution in [0.4, 0.5) is 0 Å². The fraction of sp³-hybridized carbons (Fsp3) is 0.917. The molecule has 0 radical (unpaired) electrons. The monoisotopic (exact) mass is 229 g/mol. The van der Waals surface area contributed by atoms with Crippen LogP contribution in [0.1, 0.15) is 40.5 Å². The van der Waals surface area contributed by atoms with E-state index in [9.17, 15) is 9.90 Å². The summed E-state index contributed by atoms with van der Waals surface area (Å²) in [5.74, 6) is -0.0710. The van der Waals surface area contributed by atoms with Crippen molar-refractivity contribution in [2.24, 2.45) is 5.92 Å². The smallest absolute Gasteiger partial charge is 0.226 e. The van der Waals surface area contributed by atoms with Crippen LogP contribution < -0.4 is 5.32 Å². The van der Waals surface area contributed by atoms with Crippen molar-refractivity contribution < 1.29 is 14.6 Å². The standard InChI is InChI=1S/C12H23NO3/c1-5-10-9(6-7-16-10)11(15)13-12(3,4)8(2)14/h8-10,14H,5-7H2,1-4H3,(H,13,15). The number of hydrogen-bond donors (Lipinski definition) is 2. The molecule has 3 unspecified atom stereocenters. The second-order valence-electron chi connectivity index (χ2n) is 5.10. The van der Waals surface area contributed by atoms with Gasteiger partial charge in [-0.05, 0) is 33.6 Å². The summed E-state index contributed by atoms with van der Waals surface area (Å²) in [6, 6.07) is 0. The molecule has 0 spiro atoms. The van der Waals surface area contributed by atoms with Gasteiger partial charge >= 0.3 is 0 Å². The van der Waals surface area contributed by atoms with Crippen molar-refractivity contribution in [2.75, 3.05) is 6.61 Å². The van der Waals surface area contributed by atoms with Gasteiger partial charge < -0.3 is 15.2 Å². The Morgan fingerprint density at radius 2 is 2.25 bits per heavy atom. The third-order valence-corrected chi connectivity index (χ3v) is 3.44. The summed E-state index contributed by atoms with van der Waals surface area (Å²) in [6.45, 7) is 8.02. The Morgan fingerprint density at radius 3 is 2.75 bits per heavy atom. The quantitative estimate of drug-likeness (QED) is 0.758. The fourth-order valence-electron chi connectivity index (χ4n) is 1.87. The number of hydrogen-bond acceptors (Lipinski definition) is 3. The van der Waals surface area contributed by atoms with Crippen LogP contribution in [0.3, 0.4) is 0 Å². The van der Waals surface area contributed by atoms with E-state index in [1.807, 2.05) is 20.8 Å². The molecule has 4 nitrogen and oxygen atoms in total. The van der Waals surface area contributed by atoms with E-state index in [0.717, 1.165) is 12.8 Å². The lowest BCUT2D eigenvalue weighted by atomic mass is 9.94. The molecule has 16 heavy (non-hydrogen) atoms. The zero-order valence-electron chi connectivity index (χ0n) is 10.6. The van der Waals surface area contributed by atoms with Gasteiger partial charge in [0.05, 0.1) is 23.7 Å². The first kappa shape index (κ1) is 13.5. The van der Waals surface area contributed by atoms with E-state index in [2.05, 4.69) is 5.32 Å². The first-order valence-electron chi connectivity index (χ1n) is 6.00. The molecule has 0 aromatic heterocycles. The highest BCUT2D eigenvalue weighted by molar-refractivity contribution is 5.80. The number of aliphatic hydroxyl groups is 1. The first-order valence-corrected chi connectivity index (χ1v) is 6.00. The van der Waals surface area contributed by atoms with E-state index in [1.54, 1.807) is 6.92 Å². The summed E-state index contributed by atoms with van der Waals surface area (Å²) >= 11 is 0. The molecular weight excluding hydrogens is 206 g/mol. The first-order chi connectivity index (χ1) is 7.38. The van der Waals surface area contributed by atoms with Gasteiger partial charge in [-0.25, -0.2) is 0 Å². The number of nitrogens with one attached hydrogen (secondary N) is 1. The van der Waals surface area contributed by atoms with Gasteiger partial charge in [-0.15, -0.1) is 0 Å². The van der Waals surface area contributed by atoms with E-state index in [4.69, 9.17) is 4.74 Å². The molecule has 0 aromatic carbocycles. The van der Waals surface area contributed by atoms with Crippen LogP contribution in [0.5, 0.6) is 0 Å². The zero-order valence-corrected chi connectivity index (χ0v) is 10.6. The molecule has 1 rings (SSSR count). The molecule has 0 bridgehead atoms. The molecular formula is C12H23NO3. The average molecular weight is 229 g/mol. The van der Waals surface area contributed by atoms with E-state index in [0.29, 0.717) is 6.61 Å². The predicted molar refractivity (Wildman–Crippen MR) is 62.0 cm³/mol. The van der Waals surface area contributed by atoms with Gasteiger partial charge in [-0.1, -0.05) is 6.92 Å². The van der Waals surface area contributed by atoms with Crippen LogP contribution in [0, 0.1) is 5.92 Å². The van der Waals surface area contributed by atoms with Crippen LogP contribution in [-0.4, -0.2) is 35.4 Å². The van der Waals surface area contributed by atoms with Gasteiger partial charge in [0.25, 0.3) is 0 Å². The van der Waals surface area contributed by atoms with Crippen LogP contribution >= 0.6 is 0 Å². The summed E-state index contributed by atoms with van der Waals surface area (Å²) in [5.41, 5.74) is -0.585. The van der Waals surface area contributed by atoms with Crippen molar-refractivity contribution in [2.45, 2.75) is 58.3 Å². The molecule has 0 aliphatic carbocycles. The number of aliphatic hydroxyl groups excluding tert-OH is 1.